The molecule has 1 saturated carbocycles. The van der Waals surface area contributed by atoms with E-state index in [2.05, 4.69) is 16.8 Å². The standard InChI is InChI=1S/C11H19NO.C5H11N.2C2H4O.2C2H6.CH2O/c13-11(12-8-4-5-9-12)10-6-2-1-3-7-10;1-6-4-2-3-5-6;2*1-2-3;3*1-2/h10H,1-9H2;2-5H2,1H3;2*2H,1H3;2*1-2H3;1H2. The first kappa shape index (κ1) is 36.8. The van der Waals surface area contributed by atoms with Crippen LogP contribution in [-0.2, 0) is 19.2 Å². The Kier molecular flexibility index (Phi) is 39.3. The average Bonchev–Trinajstić information content (AvgIpc) is 3.54. The molecule has 3 rings (SSSR count). The number of carbonyl (C=O) groups excluding carboxylic acids is 4. The molecule has 0 unspecified atom stereocenters. The molecule has 2 saturated heterocycles. The zero-order valence-corrected chi connectivity index (χ0v) is 21.7. The van der Waals surface area contributed by atoms with Crippen LogP contribution in [0.4, 0.5) is 0 Å². The molecule has 0 N–H and O–H groups in total. The highest BCUT2D eigenvalue weighted by atomic mass is 16.2. The fourth-order valence-corrected chi connectivity index (χ4v) is 3.42. The molecule has 0 aromatic heterocycles. The first-order valence-corrected chi connectivity index (χ1v) is 12.2. The molecule has 6 heteroatoms. The lowest BCUT2D eigenvalue weighted by molar-refractivity contribution is -0.135. The van der Waals surface area contributed by atoms with Gasteiger partial charge in [0, 0.05) is 19.0 Å². The van der Waals surface area contributed by atoms with E-state index < -0.39 is 0 Å². The topological polar surface area (TPSA) is 74.8 Å². The van der Waals surface area contributed by atoms with Gasteiger partial charge in [-0.3, -0.25) is 4.79 Å². The third kappa shape index (κ3) is 24.6. The van der Waals surface area contributed by atoms with Crippen molar-refractivity contribution in [3.8, 4) is 0 Å². The van der Waals surface area contributed by atoms with Gasteiger partial charge in [0.05, 0.1) is 0 Å². The molecular formula is C25H52N2O4. The number of amides is 1. The minimum Gasteiger partial charge on any atom is -0.342 e. The average molecular weight is 445 g/mol. The first-order chi connectivity index (χ1) is 15.1. The molecule has 186 valence electrons. The summed E-state index contributed by atoms with van der Waals surface area (Å²) in [5.41, 5.74) is 0. The lowest BCUT2D eigenvalue weighted by atomic mass is 9.88. The molecule has 3 aliphatic rings. The van der Waals surface area contributed by atoms with Gasteiger partial charge in [-0.05, 0) is 72.5 Å². The maximum absolute atomic E-state index is 11.9. The number of likely N-dealkylation sites (tertiary alicyclic amines) is 2. The largest absolute Gasteiger partial charge is 0.342 e. The van der Waals surface area contributed by atoms with E-state index in [9.17, 15) is 4.79 Å². The molecule has 0 spiro atoms. The quantitative estimate of drug-likeness (QED) is 0.521. The van der Waals surface area contributed by atoms with Gasteiger partial charge >= 0.3 is 0 Å². The van der Waals surface area contributed by atoms with E-state index in [0.717, 1.165) is 38.5 Å². The van der Waals surface area contributed by atoms with Gasteiger partial charge < -0.3 is 24.2 Å². The van der Waals surface area contributed by atoms with Gasteiger partial charge in [-0.2, -0.15) is 0 Å². The van der Waals surface area contributed by atoms with Crippen LogP contribution in [0.2, 0.25) is 0 Å². The predicted molar refractivity (Wildman–Crippen MR) is 132 cm³/mol. The van der Waals surface area contributed by atoms with Crippen molar-refractivity contribution in [3.05, 3.63) is 0 Å². The number of nitrogens with zero attached hydrogens (tertiary/aromatic N) is 2. The number of hydrogen-bond donors (Lipinski definition) is 0. The van der Waals surface area contributed by atoms with E-state index in [1.54, 1.807) is 0 Å². The molecule has 0 aromatic carbocycles. The van der Waals surface area contributed by atoms with E-state index >= 15 is 0 Å². The monoisotopic (exact) mass is 444 g/mol. The molecule has 0 atom stereocenters. The summed E-state index contributed by atoms with van der Waals surface area (Å²) in [5.74, 6) is 0.837. The number of carbonyl (C=O) groups is 4. The van der Waals surface area contributed by atoms with Crippen molar-refractivity contribution < 1.29 is 19.2 Å². The molecule has 31 heavy (non-hydrogen) atoms. The van der Waals surface area contributed by atoms with E-state index in [1.807, 2.05) is 34.5 Å². The fourth-order valence-electron chi connectivity index (χ4n) is 3.42. The predicted octanol–water partition coefficient (Wildman–Crippen LogP) is 5.18. The Labute approximate surface area is 193 Å². The highest BCUT2D eigenvalue weighted by Gasteiger charge is 2.27. The van der Waals surface area contributed by atoms with Crippen LogP contribution in [0.3, 0.4) is 0 Å². The second-order valence-electron chi connectivity index (χ2n) is 6.85. The summed E-state index contributed by atoms with van der Waals surface area (Å²) in [5, 5.41) is 0. The Bertz CT molecular complexity index is 355. The number of hydrogen-bond acceptors (Lipinski definition) is 5. The second kappa shape index (κ2) is 33.1. The second-order valence-corrected chi connectivity index (χ2v) is 6.85. The van der Waals surface area contributed by atoms with E-state index in [0.29, 0.717) is 11.8 Å². The zero-order valence-electron chi connectivity index (χ0n) is 21.7. The van der Waals surface area contributed by atoms with Crippen molar-refractivity contribution in [2.75, 3.05) is 33.2 Å². The molecular weight excluding hydrogens is 392 g/mol. The third-order valence-corrected chi connectivity index (χ3v) is 4.70. The Balaban J connectivity index is -0.000000171. The molecule has 2 aliphatic heterocycles. The van der Waals surface area contributed by atoms with Crippen molar-refractivity contribution in [1.29, 1.82) is 0 Å². The van der Waals surface area contributed by atoms with Gasteiger partial charge in [-0.15, -0.1) is 0 Å². The van der Waals surface area contributed by atoms with Crippen LogP contribution in [0.1, 0.15) is 99.3 Å². The summed E-state index contributed by atoms with van der Waals surface area (Å²) in [6, 6.07) is 0. The Morgan fingerprint density at radius 1 is 0.710 bits per heavy atom. The van der Waals surface area contributed by atoms with Gasteiger partial charge in [0.15, 0.2) is 0 Å². The normalized spacial score (nSPS) is 16.8. The van der Waals surface area contributed by atoms with Crippen LogP contribution in [0.25, 0.3) is 0 Å². The van der Waals surface area contributed by atoms with Gasteiger partial charge in [0.2, 0.25) is 5.91 Å². The highest BCUT2D eigenvalue weighted by Crippen LogP contribution is 2.26. The summed E-state index contributed by atoms with van der Waals surface area (Å²) in [4.78, 5) is 42.0. The summed E-state index contributed by atoms with van der Waals surface area (Å²) >= 11 is 0. The zero-order chi connectivity index (χ0) is 24.9. The Morgan fingerprint density at radius 2 is 1.03 bits per heavy atom. The van der Waals surface area contributed by atoms with Gasteiger partial charge in [-0.1, -0.05) is 47.0 Å². The molecule has 3 fully saturated rings. The van der Waals surface area contributed by atoms with Crippen molar-refractivity contribution in [1.82, 2.24) is 9.80 Å². The molecule has 0 radical (unpaired) electrons. The lowest BCUT2D eigenvalue weighted by Gasteiger charge is -2.25. The van der Waals surface area contributed by atoms with Gasteiger partial charge in [-0.25, -0.2) is 0 Å². The van der Waals surface area contributed by atoms with E-state index in [-0.39, 0.29) is 0 Å². The van der Waals surface area contributed by atoms with Crippen LogP contribution < -0.4 is 0 Å². The van der Waals surface area contributed by atoms with E-state index in [4.69, 9.17) is 14.4 Å². The Hall–Kier alpha value is -1.56. The van der Waals surface area contributed by atoms with Crippen LogP contribution in [-0.4, -0.2) is 68.3 Å². The van der Waals surface area contributed by atoms with Crippen molar-refractivity contribution in [3.63, 3.8) is 0 Å². The first-order valence-electron chi connectivity index (χ1n) is 12.2. The molecule has 1 amide bonds. The molecule has 0 bridgehead atoms. The van der Waals surface area contributed by atoms with E-state index in [1.165, 1.54) is 71.9 Å². The smallest absolute Gasteiger partial charge is 0.225 e. The summed E-state index contributed by atoms with van der Waals surface area (Å²) in [6.45, 7) is 17.6. The van der Waals surface area contributed by atoms with Crippen LogP contribution in [0.5, 0.6) is 0 Å². The number of rotatable bonds is 1. The summed E-state index contributed by atoms with van der Waals surface area (Å²) < 4.78 is 0. The SMILES string of the molecule is C=O.CC.CC.CC=O.CC=O.CN1CCCC1.O=C(C1CCCCC1)N1CCCC1. The van der Waals surface area contributed by atoms with Crippen molar-refractivity contribution in [2.24, 2.45) is 5.92 Å². The van der Waals surface area contributed by atoms with Gasteiger partial charge in [0.1, 0.15) is 19.4 Å². The highest BCUT2D eigenvalue weighted by molar-refractivity contribution is 5.79. The molecule has 0 aromatic rings. The minimum absolute atomic E-state index is 0.381. The van der Waals surface area contributed by atoms with Crippen LogP contribution in [0, 0.1) is 5.92 Å². The number of aldehydes is 2. The molecule has 2 heterocycles. The third-order valence-electron chi connectivity index (χ3n) is 4.70. The van der Waals surface area contributed by atoms with Crippen LogP contribution in [0.15, 0.2) is 0 Å². The molecule has 1 aliphatic carbocycles. The fraction of sp³-hybridized carbons (Fsp3) is 0.840. The molecule has 6 nitrogen and oxygen atoms in total. The van der Waals surface area contributed by atoms with Crippen molar-refractivity contribution in [2.45, 2.75) is 99.3 Å². The maximum atomic E-state index is 11.9. The lowest BCUT2D eigenvalue weighted by Crippen LogP contribution is -2.34. The summed E-state index contributed by atoms with van der Waals surface area (Å²) in [6.07, 6.45) is 12.9. The van der Waals surface area contributed by atoms with Crippen molar-refractivity contribution >= 4 is 25.3 Å². The maximum Gasteiger partial charge on any atom is 0.225 e. The van der Waals surface area contributed by atoms with Gasteiger partial charge in [0.25, 0.3) is 0 Å². The van der Waals surface area contributed by atoms with Crippen LogP contribution >= 0.6 is 0 Å². The minimum atomic E-state index is 0.381. The summed E-state index contributed by atoms with van der Waals surface area (Å²) in [7, 11) is 2.17. The Morgan fingerprint density at radius 3 is 1.32 bits per heavy atom.